The largest absolute Gasteiger partial charge is 0.410 e. The van der Waals surface area contributed by atoms with Crippen molar-refractivity contribution in [1.29, 1.82) is 0 Å². The monoisotopic (exact) mass is 232 g/mol. The number of halogens is 1. The normalized spacial score (nSPS) is 9.94. The third-order valence-electron chi connectivity index (χ3n) is 2.10. The predicted molar refractivity (Wildman–Crippen MR) is 59.8 cm³/mol. The van der Waals surface area contributed by atoms with Crippen LogP contribution in [-0.2, 0) is 0 Å². The number of carbonyl (C=O) groups excluding carboxylic acids is 1. The Hall–Kier alpha value is -2.43. The van der Waals surface area contributed by atoms with Crippen molar-refractivity contribution >= 4 is 6.09 Å². The molecule has 0 aliphatic carbocycles. The summed E-state index contributed by atoms with van der Waals surface area (Å²) in [6.07, 6.45) is 0.400. The van der Waals surface area contributed by atoms with E-state index in [0.29, 0.717) is 11.3 Å². The van der Waals surface area contributed by atoms with Crippen molar-refractivity contribution in [3.05, 3.63) is 48.4 Å². The number of pyridine rings is 1. The van der Waals surface area contributed by atoms with Gasteiger partial charge in [-0.3, -0.25) is 4.98 Å². The van der Waals surface area contributed by atoms with Crippen LogP contribution >= 0.6 is 0 Å². The van der Waals surface area contributed by atoms with Gasteiger partial charge in [-0.2, -0.15) is 0 Å². The summed E-state index contributed by atoms with van der Waals surface area (Å²) < 4.78 is 18.1. The molecule has 4 nitrogen and oxygen atoms in total. The Bertz CT molecular complexity index is 540. The molecule has 0 fully saturated rings. The zero-order chi connectivity index (χ0) is 12.3. The SMILES string of the molecule is NC(=O)Oc1ccc(-c2ccccc2F)nc1. The van der Waals surface area contributed by atoms with Gasteiger partial charge >= 0.3 is 6.09 Å². The first-order chi connectivity index (χ1) is 8.16. The topological polar surface area (TPSA) is 65.2 Å². The van der Waals surface area contributed by atoms with Crippen LogP contribution in [0.3, 0.4) is 0 Å². The molecule has 5 heteroatoms. The van der Waals surface area contributed by atoms with Gasteiger partial charge in [0.05, 0.1) is 11.9 Å². The van der Waals surface area contributed by atoms with Gasteiger partial charge in [0.15, 0.2) is 5.75 Å². The Morgan fingerprint density at radius 1 is 1.24 bits per heavy atom. The maximum Gasteiger partial charge on any atom is 0.410 e. The molecule has 0 radical (unpaired) electrons. The summed E-state index contributed by atoms with van der Waals surface area (Å²) in [5.41, 5.74) is 5.69. The van der Waals surface area contributed by atoms with Crippen molar-refractivity contribution in [3.8, 4) is 17.0 Å². The Morgan fingerprint density at radius 2 is 2.00 bits per heavy atom. The van der Waals surface area contributed by atoms with E-state index in [1.807, 2.05) is 0 Å². The molecule has 86 valence electrons. The quantitative estimate of drug-likeness (QED) is 0.864. The first kappa shape index (κ1) is 11.1. The summed E-state index contributed by atoms with van der Waals surface area (Å²) in [5, 5.41) is 0. The van der Waals surface area contributed by atoms with Crippen LogP contribution < -0.4 is 10.5 Å². The molecule has 0 spiro atoms. The van der Waals surface area contributed by atoms with Crippen LogP contribution in [-0.4, -0.2) is 11.1 Å². The van der Waals surface area contributed by atoms with Gasteiger partial charge < -0.3 is 10.5 Å². The fourth-order valence-corrected chi connectivity index (χ4v) is 1.39. The second kappa shape index (κ2) is 4.61. The van der Waals surface area contributed by atoms with E-state index in [2.05, 4.69) is 9.72 Å². The summed E-state index contributed by atoms with van der Waals surface area (Å²) in [7, 11) is 0. The first-order valence-electron chi connectivity index (χ1n) is 4.85. The van der Waals surface area contributed by atoms with Crippen LogP contribution in [0.15, 0.2) is 42.6 Å². The van der Waals surface area contributed by atoms with E-state index < -0.39 is 6.09 Å². The summed E-state index contributed by atoms with van der Waals surface area (Å²) in [5.74, 6) is -0.138. The molecule has 2 aromatic rings. The second-order valence-corrected chi connectivity index (χ2v) is 3.28. The molecule has 0 atom stereocenters. The zero-order valence-electron chi connectivity index (χ0n) is 8.76. The van der Waals surface area contributed by atoms with Crippen molar-refractivity contribution in [2.45, 2.75) is 0 Å². The number of rotatable bonds is 2. The number of carbonyl (C=O) groups is 1. The zero-order valence-corrected chi connectivity index (χ0v) is 8.76. The third kappa shape index (κ3) is 2.57. The van der Waals surface area contributed by atoms with Gasteiger partial charge in [-0.25, -0.2) is 9.18 Å². The number of nitrogens with two attached hydrogens (primary N) is 1. The molecule has 1 amide bonds. The van der Waals surface area contributed by atoms with Crippen LogP contribution in [0.2, 0.25) is 0 Å². The predicted octanol–water partition coefficient (Wildman–Crippen LogP) is 2.35. The average molecular weight is 232 g/mol. The molecule has 0 aliphatic rings. The molecule has 0 saturated heterocycles. The number of ether oxygens (including phenoxy) is 1. The van der Waals surface area contributed by atoms with Gasteiger partial charge in [0.1, 0.15) is 5.82 Å². The Balaban J connectivity index is 2.30. The molecular formula is C12H9FN2O2. The molecule has 0 unspecified atom stereocenters. The molecular weight excluding hydrogens is 223 g/mol. The van der Waals surface area contributed by atoms with E-state index in [-0.39, 0.29) is 11.6 Å². The van der Waals surface area contributed by atoms with E-state index in [9.17, 15) is 9.18 Å². The van der Waals surface area contributed by atoms with Gasteiger partial charge in [-0.1, -0.05) is 12.1 Å². The van der Waals surface area contributed by atoms with Gasteiger partial charge in [0.2, 0.25) is 0 Å². The standard InChI is InChI=1S/C12H9FN2O2/c13-10-4-2-1-3-9(10)11-6-5-8(7-15-11)17-12(14)16/h1-7H,(H2,14,16). The first-order valence-corrected chi connectivity index (χ1v) is 4.85. The van der Waals surface area contributed by atoms with E-state index in [1.165, 1.54) is 18.3 Å². The lowest BCUT2D eigenvalue weighted by atomic mass is 10.1. The number of hydrogen-bond donors (Lipinski definition) is 1. The maximum atomic E-state index is 13.4. The van der Waals surface area contributed by atoms with E-state index in [1.54, 1.807) is 24.3 Å². The minimum absolute atomic E-state index is 0.220. The number of aromatic nitrogens is 1. The Labute approximate surface area is 96.9 Å². The van der Waals surface area contributed by atoms with Crippen molar-refractivity contribution in [2.75, 3.05) is 0 Å². The van der Waals surface area contributed by atoms with Crippen molar-refractivity contribution < 1.29 is 13.9 Å². The third-order valence-corrected chi connectivity index (χ3v) is 2.10. The molecule has 2 N–H and O–H groups in total. The summed E-state index contributed by atoms with van der Waals surface area (Å²) in [6, 6.07) is 9.34. The van der Waals surface area contributed by atoms with Crippen molar-refractivity contribution in [3.63, 3.8) is 0 Å². The fourth-order valence-electron chi connectivity index (χ4n) is 1.39. The number of amides is 1. The fraction of sp³-hybridized carbons (Fsp3) is 0. The minimum Gasteiger partial charge on any atom is -0.409 e. The van der Waals surface area contributed by atoms with Crippen molar-refractivity contribution in [2.24, 2.45) is 5.73 Å². The lowest BCUT2D eigenvalue weighted by Crippen LogP contribution is -2.16. The van der Waals surface area contributed by atoms with E-state index in [4.69, 9.17) is 5.73 Å². The molecule has 1 aromatic heterocycles. The van der Waals surface area contributed by atoms with E-state index >= 15 is 0 Å². The van der Waals surface area contributed by atoms with Gasteiger partial charge in [-0.15, -0.1) is 0 Å². The molecule has 0 aliphatic heterocycles. The Kier molecular flexibility index (Phi) is 3.00. The van der Waals surface area contributed by atoms with Crippen LogP contribution in [0.5, 0.6) is 5.75 Å². The lowest BCUT2D eigenvalue weighted by Gasteiger charge is -2.03. The highest BCUT2D eigenvalue weighted by atomic mass is 19.1. The molecule has 17 heavy (non-hydrogen) atoms. The van der Waals surface area contributed by atoms with Gasteiger partial charge in [0, 0.05) is 5.56 Å². The average Bonchev–Trinajstić information content (AvgIpc) is 2.30. The lowest BCUT2D eigenvalue weighted by molar-refractivity contribution is 0.210. The van der Waals surface area contributed by atoms with Crippen molar-refractivity contribution in [1.82, 2.24) is 4.98 Å². The smallest absolute Gasteiger partial charge is 0.409 e. The van der Waals surface area contributed by atoms with Crippen LogP contribution in [0.25, 0.3) is 11.3 Å². The molecule has 0 saturated carbocycles. The van der Waals surface area contributed by atoms with E-state index in [0.717, 1.165) is 0 Å². The highest BCUT2D eigenvalue weighted by Crippen LogP contribution is 2.21. The summed E-state index contributed by atoms with van der Waals surface area (Å²) in [6.45, 7) is 0. The molecule has 1 aromatic carbocycles. The highest BCUT2D eigenvalue weighted by Gasteiger charge is 2.06. The summed E-state index contributed by atoms with van der Waals surface area (Å²) >= 11 is 0. The van der Waals surface area contributed by atoms with Gasteiger partial charge in [0.25, 0.3) is 0 Å². The van der Waals surface area contributed by atoms with Crippen LogP contribution in [0, 0.1) is 5.82 Å². The molecule has 1 heterocycles. The minimum atomic E-state index is -0.912. The number of nitrogens with zero attached hydrogens (tertiary/aromatic N) is 1. The number of primary amides is 1. The molecule has 2 rings (SSSR count). The molecule has 0 bridgehead atoms. The number of hydrogen-bond acceptors (Lipinski definition) is 3. The summed E-state index contributed by atoms with van der Waals surface area (Å²) in [4.78, 5) is 14.5. The van der Waals surface area contributed by atoms with Gasteiger partial charge in [-0.05, 0) is 24.3 Å². The second-order valence-electron chi connectivity index (χ2n) is 3.28. The highest BCUT2D eigenvalue weighted by molar-refractivity contribution is 5.68. The number of benzene rings is 1. The maximum absolute atomic E-state index is 13.4. The Morgan fingerprint density at radius 3 is 2.59 bits per heavy atom. The van der Waals surface area contributed by atoms with Crippen LogP contribution in [0.4, 0.5) is 9.18 Å². The van der Waals surface area contributed by atoms with Crippen LogP contribution in [0.1, 0.15) is 0 Å².